The molecule has 2 N–H and O–H groups in total. The van der Waals surface area contributed by atoms with E-state index < -0.39 is 0 Å². The van der Waals surface area contributed by atoms with Crippen LogP contribution in [0, 0.1) is 0 Å². The van der Waals surface area contributed by atoms with Gasteiger partial charge in [-0.25, -0.2) is 4.79 Å². The number of benzene rings is 1. The molecule has 1 aliphatic carbocycles. The first-order valence-corrected chi connectivity index (χ1v) is 8.46. The molecule has 2 fully saturated rings. The number of ether oxygens (including phenoxy) is 1. The van der Waals surface area contributed by atoms with Crippen LogP contribution in [-0.2, 0) is 11.2 Å². The summed E-state index contributed by atoms with van der Waals surface area (Å²) in [5, 5.41) is 13.0. The van der Waals surface area contributed by atoms with Crippen molar-refractivity contribution < 1.29 is 14.6 Å². The summed E-state index contributed by atoms with van der Waals surface area (Å²) in [7, 11) is 1.72. The number of nitrogens with one attached hydrogen (secondary N) is 1. The van der Waals surface area contributed by atoms with E-state index in [0.717, 1.165) is 25.7 Å². The summed E-state index contributed by atoms with van der Waals surface area (Å²) in [5.41, 5.74) is 0.948. The number of aliphatic hydroxyl groups is 1. The molecule has 3 atom stereocenters. The number of rotatable bonds is 4. The molecule has 0 unspecified atom stereocenters. The predicted octanol–water partition coefficient (Wildman–Crippen LogP) is 1.94. The minimum absolute atomic E-state index is 0.0204. The Kier molecular flexibility index (Phi) is 4.87. The Morgan fingerprint density at radius 2 is 2.17 bits per heavy atom. The maximum Gasteiger partial charge on any atom is 0.317 e. The van der Waals surface area contributed by atoms with Crippen molar-refractivity contribution >= 4 is 6.03 Å². The number of aliphatic hydroxyl groups excluding tert-OH is 1. The third-order valence-corrected chi connectivity index (χ3v) is 5.36. The van der Waals surface area contributed by atoms with E-state index in [2.05, 4.69) is 17.4 Å². The molecule has 3 rings (SSSR count). The van der Waals surface area contributed by atoms with Crippen LogP contribution >= 0.6 is 0 Å². The van der Waals surface area contributed by atoms with Crippen LogP contribution in [0.15, 0.2) is 30.3 Å². The molecule has 0 aromatic heterocycles. The molecule has 2 amide bonds. The molecule has 5 heteroatoms. The number of urea groups is 1. The van der Waals surface area contributed by atoms with Gasteiger partial charge in [0.25, 0.3) is 0 Å². The first-order valence-electron chi connectivity index (χ1n) is 8.46. The Morgan fingerprint density at radius 1 is 1.39 bits per heavy atom. The zero-order valence-corrected chi connectivity index (χ0v) is 13.7. The van der Waals surface area contributed by atoms with E-state index in [1.54, 1.807) is 7.11 Å². The minimum Gasteiger partial charge on any atom is -0.393 e. The van der Waals surface area contributed by atoms with Gasteiger partial charge in [0, 0.05) is 20.2 Å². The topological polar surface area (TPSA) is 61.8 Å². The van der Waals surface area contributed by atoms with Crippen molar-refractivity contribution in [1.82, 2.24) is 10.2 Å². The van der Waals surface area contributed by atoms with Gasteiger partial charge in [-0.2, -0.15) is 0 Å². The molecule has 1 aromatic rings. The fourth-order valence-corrected chi connectivity index (χ4v) is 3.98. The Balaban J connectivity index is 1.57. The fraction of sp³-hybridized carbons (Fsp3) is 0.611. The van der Waals surface area contributed by atoms with Gasteiger partial charge >= 0.3 is 6.03 Å². The van der Waals surface area contributed by atoms with Crippen LogP contribution in [0.5, 0.6) is 0 Å². The lowest BCUT2D eigenvalue weighted by Crippen LogP contribution is -2.54. The van der Waals surface area contributed by atoms with Gasteiger partial charge in [0.2, 0.25) is 0 Å². The van der Waals surface area contributed by atoms with Gasteiger partial charge in [0.1, 0.15) is 0 Å². The molecule has 1 aliphatic heterocycles. The number of nitrogens with zero attached hydrogens (tertiary/aromatic N) is 1. The standard InChI is InChI=1S/C18H26N2O3/c1-23-18-9-7-15(21)13-16(18)20(12-10-18)17(22)19-11-8-14-5-3-2-4-6-14/h2-6,15-16,21H,7-13H2,1H3,(H,19,22)/t15-,16-,18+/m0/s1. The van der Waals surface area contributed by atoms with Crippen LogP contribution in [0.3, 0.4) is 0 Å². The van der Waals surface area contributed by atoms with Crippen LogP contribution in [0.1, 0.15) is 31.2 Å². The molecule has 0 radical (unpaired) electrons. The highest BCUT2D eigenvalue weighted by Gasteiger charge is 2.52. The average molecular weight is 318 g/mol. The molecule has 1 saturated carbocycles. The Labute approximate surface area is 137 Å². The van der Waals surface area contributed by atoms with Crippen LogP contribution in [0.25, 0.3) is 0 Å². The third kappa shape index (κ3) is 3.35. The monoisotopic (exact) mass is 318 g/mol. The molecule has 1 aromatic carbocycles. The summed E-state index contributed by atoms with van der Waals surface area (Å²) < 4.78 is 5.77. The average Bonchev–Trinajstić information content (AvgIpc) is 2.95. The van der Waals surface area contributed by atoms with Crippen LogP contribution in [-0.4, -0.2) is 54.0 Å². The summed E-state index contributed by atoms with van der Waals surface area (Å²) in [6, 6.07) is 10.1. The van der Waals surface area contributed by atoms with E-state index in [4.69, 9.17) is 4.74 Å². The quantitative estimate of drug-likeness (QED) is 0.892. The van der Waals surface area contributed by atoms with Crippen LogP contribution < -0.4 is 5.32 Å². The van der Waals surface area contributed by atoms with Gasteiger partial charge in [-0.3, -0.25) is 0 Å². The first-order chi connectivity index (χ1) is 11.1. The van der Waals surface area contributed by atoms with Crippen molar-refractivity contribution in [3.05, 3.63) is 35.9 Å². The van der Waals surface area contributed by atoms with Gasteiger partial charge in [0.15, 0.2) is 0 Å². The molecule has 23 heavy (non-hydrogen) atoms. The molecule has 2 aliphatic rings. The number of carbonyl (C=O) groups is 1. The lowest BCUT2D eigenvalue weighted by molar-refractivity contribution is -0.0812. The van der Waals surface area contributed by atoms with Gasteiger partial charge in [-0.05, 0) is 37.7 Å². The fourth-order valence-electron chi connectivity index (χ4n) is 3.98. The molecule has 1 saturated heterocycles. The summed E-state index contributed by atoms with van der Waals surface area (Å²) in [4.78, 5) is 14.4. The summed E-state index contributed by atoms with van der Waals surface area (Å²) in [6.07, 6.45) is 3.54. The first kappa shape index (κ1) is 16.3. The zero-order valence-electron chi connectivity index (χ0n) is 13.7. The van der Waals surface area contributed by atoms with E-state index in [-0.39, 0.29) is 23.8 Å². The summed E-state index contributed by atoms with van der Waals surface area (Å²) in [6.45, 7) is 1.32. The number of carbonyl (C=O) groups excluding carboxylic acids is 1. The van der Waals surface area contributed by atoms with Gasteiger partial charge < -0.3 is 20.1 Å². The minimum atomic E-state index is -0.332. The molecule has 0 spiro atoms. The maximum absolute atomic E-state index is 12.5. The van der Waals surface area contributed by atoms with E-state index in [1.165, 1.54) is 5.56 Å². The van der Waals surface area contributed by atoms with Crippen LogP contribution in [0.2, 0.25) is 0 Å². The maximum atomic E-state index is 12.5. The molecule has 5 nitrogen and oxygen atoms in total. The second-order valence-electron chi connectivity index (χ2n) is 6.62. The smallest absolute Gasteiger partial charge is 0.317 e. The summed E-state index contributed by atoms with van der Waals surface area (Å²) in [5.74, 6) is 0. The number of amides is 2. The third-order valence-electron chi connectivity index (χ3n) is 5.36. The molecule has 0 bridgehead atoms. The molecular weight excluding hydrogens is 292 g/mol. The van der Waals surface area contributed by atoms with Gasteiger partial charge in [-0.1, -0.05) is 30.3 Å². The second kappa shape index (κ2) is 6.89. The molecule has 126 valence electrons. The van der Waals surface area contributed by atoms with Crippen molar-refractivity contribution in [2.75, 3.05) is 20.2 Å². The predicted molar refractivity (Wildman–Crippen MR) is 88.3 cm³/mol. The van der Waals surface area contributed by atoms with E-state index in [9.17, 15) is 9.90 Å². The normalized spacial score (nSPS) is 30.1. The van der Waals surface area contributed by atoms with E-state index in [0.29, 0.717) is 19.5 Å². The summed E-state index contributed by atoms with van der Waals surface area (Å²) >= 11 is 0. The SMILES string of the molecule is CO[C@@]12CC[C@H](O)C[C@@H]1N(C(=O)NCCc1ccccc1)CC2. The van der Waals surface area contributed by atoms with Crippen LogP contribution in [0.4, 0.5) is 4.79 Å². The van der Waals surface area contributed by atoms with E-state index in [1.807, 2.05) is 23.1 Å². The van der Waals surface area contributed by atoms with Crippen molar-refractivity contribution in [2.45, 2.75) is 49.9 Å². The van der Waals surface area contributed by atoms with Crippen molar-refractivity contribution in [2.24, 2.45) is 0 Å². The zero-order chi connectivity index (χ0) is 16.3. The number of methoxy groups -OCH3 is 1. The Hall–Kier alpha value is -1.59. The largest absolute Gasteiger partial charge is 0.393 e. The molecular formula is C18H26N2O3. The number of hydrogen-bond acceptors (Lipinski definition) is 3. The highest BCUT2D eigenvalue weighted by molar-refractivity contribution is 5.75. The van der Waals surface area contributed by atoms with E-state index >= 15 is 0 Å². The Bertz CT molecular complexity index is 536. The number of likely N-dealkylation sites (tertiary alicyclic amines) is 1. The Morgan fingerprint density at radius 3 is 2.91 bits per heavy atom. The number of hydrogen-bond donors (Lipinski definition) is 2. The number of fused-ring (bicyclic) bond motifs is 1. The lowest BCUT2D eigenvalue weighted by atomic mass is 9.79. The van der Waals surface area contributed by atoms with Crippen molar-refractivity contribution in [3.63, 3.8) is 0 Å². The lowest BCUT2D eigenvalue weighted by Gasteiger charge is -2.42. The highest BCUT2D eigenvalue weighted by Crippen LogP contribution is 2.42. The van der Waals surface area contributed by atoms with Gasteiger partial charge in [-0.15, -0.1) is 0 Å². The highest BCUT2D eigenvalue weighted by atomic mass is 16.5. The van der Waals surface area contributed by atoms with Crippen molar-refractivity contribution in [3.8, 4) is 0 Å². The molecule has 1 heterocycles. The van der Waals surface area contributed by atoms with Gasteiger partial charge in [0.05, 0.1) is 17.7 Å². The van der Waals surface area contributed by atoms with Crippen molar-refractivity contribution in [1.29, 1.82) is 0 Å². The second-order valence-corrected chi connectivity index (χ2v) is 6.62.